The van der Waals surface area contributed by atoms with Crippen molar-refractivity contribution in [1.82, 2.24) is 0 Å². The molecule has 0 saturated heterocycles. The molecule has 0 atom stereocenters. The Morgan fingerprint density at radius 2 is 0.735 bits per heavy atom. The van der Waals surface area contributed by atoms with Crippen LogP contribution in [-0.2, 0) is 12.8 Å². The van der Waals surface area contributed by atoms with E-state index in [0.717, 1.165) is 33.4 Å². The molecule has 4 rings (SSSR count). The Labute approximate surface area is 208 Å². The SMILES string of the molecule is COc1cc2c(cc1OC)Cc1cc(OC)c(OC)cc1C(Br)c1cc(OC)c(OC)cc1C2. The van der Waals surface area contributed by atoms with Gasteiger partial charge in [0.2, 0.25) is 0 Å². The maximum Gasteiger partial charge on any atom is 0.161 e. The van der Waals surface area contributed by atoms with Gasteiger partial charge < -0.3 is 28.4 Å². The van der Waals surface area contributed by atoms with E-state index in [2.05, 4.69) is 40.2 Å². The molecule has 0 bridgehead atoms. The first kappa shape index (κ1) is 24.1. The monoisotopic (exact) mass is 528 g/mol. The van der Waals surface area contributed by atoms with Gasteiger partial charge in [0, 0.05) is 0 Å². The van der Waals surface area contributed by atoms with Crippen LogP contribution in [-0.4, -0.2) is 42.7 Å². The Morgan fingerprint density at radius 1 is 0.471 bits per heavy atom. The average molecular weight is 529 g/mol. The number of rotatable bonds is 6. The molecule has 0 aliphatic heterocycles. The number of benzene rings is 3. The van der Waals surface area contributed by atoms with Gasteiger partial charge in [-0.2, -0.15) is 0 Å². The van der Waals surface area contributed by atoms with Crippen molar-refractivity contribution in [1.29, 1.82) is 0 Å². The number of methoxy groups -OCH3 is 6. The van der Waals surface area contributed by atoms with E-state index in [4.69, 9.17) is 28.4 Å². The molecule has 3 aromatic carbocycles. The third-order valence-electron chi connectivity index (χ3n) is 6.30. The number of hydrogen-bond donors (Lipinski definition) is 0. The Hall–Kier alpha value is -3.06. The maximum atomic E-state index is 5.63. The molecule has 34 heavy (non-hydrogen) atoms. The highest BCUT2D eigenvalue weighted by atomic mass is 79.9. The van der Waals surface area contributed by atoms with Crippen LogP contribution in [0, 0.1) is 0 Å². The first-order chi connectivity index (χ1) is 16.5. The van der Waals surface area contributed by atoms with Gasteiger partial charge in [0.25, 0.3) is 0 Å². The lowest BCUT2D eigenvalue weighted by Crippen LogP contribution is -2.04. The fraction of sp³-hybridized carbons (Fsp3) is 0.333. The van der Waals surface area contributed by atoms with Crippen LogP contribution in [0.25, 0.3) is 0 Å². The van der Waals surface area contributed by atoms with Crippen molar-refractivity contribution in [2.75, 3.05) is 42.7 Å². The predicted octanol–water partition coefficient (Wildman–Crippen LogP) is 5.72. The summed E-state index contributed by atoms with van der Waals surface area (Å²) < 4.78 is 33.7. The van der Waals surface area contributed by atoms with Gasteiger partial charge in [0.05, 0.1) is 47.5 Å². The number of fused-ring (bicyclic) bond motifs is 3. The molecule has 0 N–H and O–H groups in total. The van der Waals surface area contributed by atoms with E-state index in [1.54, 1.807) is 42.7 Å². The van der Waals surface area contributed by atoms with Gasteiger partial charge in [0.1, 0.15) is 0 Å². The van der Waals surface area contributed by atoms with E-state index in [1.807, 2.05) is 12.1 Å². The fourth-order valence-electron chi connectivity index (χ4n) is 4.52. The molecule has 0 radical (unpaired) electrons. The van der Waals surface area contributed by atoms with Gasteiger partial charge in [0.15, 0.2) is 34.5 Å². The Kier molecular flexibility index (Phi) is 7.12. The molecule has 0 unspecified atom stereocenters. The number of halogens is 1. The first-order valence-electron chi connectivity index (χ1n) is 10.8. The molecular weight excluding hydrogens is 500 g/mol. The van der Waals surface area contributed by atoms with Crippen molar-refractivity contribution in [3.05, 3.63) is 69.8 Å². The second kappa shape index (κ2) is 10.1. The van der Waals surface area contributed by atoms with Crippen LogP contribution in [0.15, 0.2) is 36.4 Å². The van der Waals surface area contributed by atoms with Gasteiger partial charge in [-0.05, 0) is 82.6 Å². The second-order valence-corrected chi connectivity index (χ2v) is 8.92. The Morgan fingerprint density at radius 3 is 1.03 bits per heavy atom. The topological polar surface area (TPSA) is 55.4 Å². The summed E-state index contributed by atoms with van der Waals surface area (Å²) in [5, 5.41) is 0. The van der Waals surface area contributed by atoms with Gasteiger partial charge >= 0.3 is 0 Å². The van der Waals surface area contributed by atoms with Crippen LogP contribution in [0.5, 0.6) is 34.5 Å². The quantitative estimate of drug-likeness (QED) is 0.381. The average Bonchev–Trinajstić information content (AvgIpc) is 2.91. The minimum absolute atomic E-state index is 0.102. The van der Waals surface area contributed by atoms with Crippen molar-refractivity contribution in [2.24, 2.45) is 0 Å². The van der Waals surface area contributed by atoms with Gasteiger partial charge in [-0.3, -0.25) is 0 Å². The van der Waals surface area contributed by atoms with E-state index in [0.29, 0.717) is 47.3 Å². The Bertz CT molecular complexity index is 1110. The van der Waals surface area contributed by atoms with Crippen molar-refractivity contribution in [2.45, 2.75) is 17.7 Å². The lowest BCUT2D eigenvalue weighted by atomic mass is 9.94. The highest BCUT2D eigenvalue weighted by molar-refractivity contribution is 9.09. The van der Waals surface area contributed by atoms with Gasteiger partial charge in [-0.15, -0.1) is 0 Å². The minimum Gasteiger partial charge on any atom is -0.493 e. The molecule has 180 valence electrons. The van der Waals surface area contributed by atoms with Crippen LogP contribution in [0.3, 0.4) is 0 Å². The van der Waals surface area contributed by atoms with E-state index in [1.165, 1.54) is 0 Å². The standard InChI is InChI=1S/C27H29BrO6/c1-29-21-9-15-7-17-11-23(31-3)25(33-5)13-19(17)27(28)20-14-26(34-6)24(32-4)12-18(20)8-16(15)10-22(21)30-2/h9-14,27H,7-8H2,1-6H3. The van der Waals surface area contributed by atoms with E-state index >= 15 is 0 Å². The molecule has 0 spiro atoms. The summed E-state index contributed by atoms with van der Waals surface area (Å²) in [6.07, 6.45) is 1.38. The molecule has 6 nitrogen and oxygen atoms in total. The van der Waals surface area contributed by atoms with E-state index in [9.17, 15) is 0 Å². The summed E-state index contributed by atoms with van der Waals surface area (Å²) in [5.41, 5.74) is 6.72. The zero-order valence-electron chi connectivity index (χ0n) is 20.3. The van der Waals surface area contributed by atoms with Gasteiger partial charge in [-0.25, -0.2) is 0 Å². The van der Waals surface area contributed by atoms with Crippen LogP contribution in [0.4, 0.5) is 0 Å². The van der Waals surface area contributed by atoms with Gasteiger partial charge in [-0.1, -0.05) is 15.9 Å². The van der Waals surface area contributed by atoms with Crippen LogP contribution >= 0.6 is 15.9 Å². The Balaban J connectivity index is 2.04. The summed E-state index contributed by atoms with van der Waals surface area (Å²) in [5.74, 6) is 4.14. The molecular formula is C27H29BrO6. The van der Waals surface area contributed by atoms with Crippen molar-refractivity contribution >= 4 is 15.9 Å². The third kappa shape index (κ3) is 4.25. The van der Waals surface area contributed by atoms with Crippen molar-refractivity contribution in [3.63, 3.8) is 0 Å². The maximum absolute atomic E-state index is 5.63. The molecule has 0 amide bonds. The first-order valence-corrected chi connectivity index (χ1v) is 11.8. The van der Waals surface area contributed by atoms with Crippen LogP contribution < -0.4 is 28.4 Å². The zero-order chi connectivity index (χ0) is 24.4. The zero-order valence-corrected chi connectivity index (χ0v) is 21.9. The highest BCUT2D eigenvalue weighted by Crippen LogP contribution is 2.46. The largest absolute Gasteiger partial charge is 0.493 e. The smallest absolute Gasteiger partial charge is 0.161 e. The summed E-state index contributed by atoms with van der Waals surface area (Å²) in [7, 11) is 9.91. The molecule has 0 saturated carbocycles. The molecule has 0 aromatic heterocycles. The van der Waals surface area contributed by atoms with Crippen molar-refractivity contribution < 1.29 is 28.4 Å². The highest BCUT2D eigenvalue weighted by Gasteiger charge is 2.26. The number of alkyl halides is 1. The lowest BCUT2D eigenvalue weighted by Gasteiger charge is -2.21. The van der Waals surface area contributed by atoms with E-state index < -0.39 is 0 Å². The number of ether oxygens (including phenoxy) is 6. The molecule has 0 heterocycles. The van der Waals surface area contributed by atoms with Crippen LogP contribution in [0.1, 0.15) is 38.2 Å². The summed E-state index contributed by atoms with van der Waals surface area (Å²) >= 11 is 3.98. The molecule has 1 aliphatic rings. The fourth-order valence-corrected chi connectivity index (χ4v) is 5.37. The van der Waals surface area contributed by atoms with Crippen LogP contribution in [0.2, 0.25) is 0 Å². The van der Waals surface area contributed by atoms with E-state index in [-0.39, 0.29) is 4.83 Å². The lowest BCUT2D eigenvalue weighted by molar-refractivity contribution is 0.353. The third-order valence-corrected chi connectivity index (χ3v) is 7.29. The van der Waals surface area contributed by atoms with Crippen molar-refractivity contribution in [3.8, 4) is 34.5 Å². The number of hydrogen-bond acceptors (Lipinski definition) is 6. The summed E-state index contributed by atoms with van der Waals surface area (Å²) in [6.45, 7) is 0. The summed E-state index contributed by atoms with van der Waals surface area (Å²) in [4.78, 5) is -0.102. The molecule has 3 aromatic rings. The molecule has 0 fully saturated rings. The predicted molar refractivity (Wildman–Crippen MR) is 135 cm³/mol. The summed E-state index contributed by atoms with van der Waals surface area (Å²) in [6, 6.07) is 12.3. The minimum atomic E-state index is -0.102. The normalized spacial score (nSPS) is 12.8. The molecule has 7 heteroatoms. The second-order valence-electron chi connectivity index (χ2n) is 8.00. The molecule has 1 aliphatic carbocycles.